The van der Waals surface area contributed by atoms with Crippen molar-refractivity contribution >= 4 is 11.0 Å². The van der Waals surface area contributed by atoms with Crippen LogP contribution in [-0.2, 0) is 11.0 Å². The van der Waals surface area contributed by atoms with E-state index in [0.717, 1.165) is 5.56 Å². The lowest BCUT2D eigenvalue weighted by Crippen LogP contribution is -2.37. The van der Waals surface area contributed by atoms with Crippen molar-refractivity contribution in [1.29, 1.82) is 0 Å². The molecule has 0 radical (unpaired) electrons. The summed E-state index contributed by atoms with van der Waals surface area (Å²) in [5.74, 6) is 0.755. The van der Waals surface area contributed by atoms with Crippen molar-refractivity contribution < 1.29 is 13.3 Å². The van der Waals surface area contributed by atoms with Gasteiger partial charge >= 0.3 is 0 Å². The second-order valence-corrected chi connectivity index (χ2v) is 9.66. The van der Waals surface area contributed by atoms with Crippen molar-refractivity contribution in [2.75, 3.05) is 6.61 Å². The van der Waals surface area contributed by atoms with Gasteiger partial charge in [-0.1, -0.05) is 19.9 Å². The van der Waals surface area contributed by atoms with Crippen LogP contribution < -0.4 is 9.46 Å². The number of nitrogens with one attached hydrogen (secondary N) is 1. The summed E-state index contributed by atoms with van der Waals surface area (Å²) in [6.07, 6.45) is 2.34. The van der Waals surface area contributed by atoms with Crippen molar-refractivity contribution in [2.45, 2.75) is 58.2 Å². The maximum Gasteiger partial charge on any atom is 0.165 e. The minimum atomic E-state index is -1.19. The van der Waals surface area contributed by atoms with E-state index in [9.17, 15) is 8.60 Å². The van der Waals surface area contributed by atoms with Gasteiger partial charge in [0.15, 0.2) is 11.6 Å². The Morgan fingerprint density at radius 2 is 2.00 bits per heavy atom. The SMILES string of the molecule is CC(C)[C@@H](NS(=O)C(C)(C)C)c1ccc(F)c(OCC2CC2)c1. The standard InChI is InChI=1S/C18H28FNO2S/c1-12(2)17(20-23(21)18(3,4)5)14-8-9-15(19)16(10-14)22-11-13-6-7-13/h8-10,12-13,17,20H,6-7,11H2,1-5H3/t17-,23?/m1/s1. The first-order valence-electron chi connectivity index (χ1n) is 8.28. The quantitative estimate of drug-likeness (QED) is 0.800. The fraction of sp³-hybridized carbons (Fsp3) is 0.667. The van der Waals surface area contributed by atoms with Crippen molar-refractivity contribution in [2.24, 2.45) is 11.8 Å². The molecule has 1 saturated carbocycles. The molecule has 1 aromatic rings. The highest BCUT2D eigenvalue weighted by atomic mass is 32.2. The molecule has 1 N–H and O–H groups in total. The topological polar surface area (TPSA) is 38.3 Å². The van der Waals surface area contributed by atoms with Gasteiger partial charge in [-0.2, -0.15) is 0 Å². The number of halogens is 1. The van der Waals surface area contributed by atoms with E-state index in [-0.39, 0.29) is 22.5 Å². The minimum absolute atomic E-state index is 0.112. The van der Waals surface area contributed by atoms with Crippen LogP contribution in [0.5, 0.6) is 5.75 Å². The summed E-state index contributed by atoms with van der Waals surface area (Å²) in [6.45, 7) is 10.5. The zero-order chi connectivity index (χ0) is 17.2. The number of hydrogen-bond acceptors (Lipinski definition) is 2. The van der Waals surface area contributed by atoms with Gasteiger partial charge in [0.2, 0.25) is 0 Å². The van der Waals surface area contributed by atoms with Crippen molar-refractivity contribution in [1.82, 2.24) is 4.72 Å². The molecule has 1 unspecified atom stereocenters. The lowest BCUT2D eigenvalue weighted by Gasteiger charge is -2.27. The van der Waals surface area contributed by atoms with Gasteiger partial charge in [0, 0.05) is 6.04 Å². The fourth-order valence-corrected chi connectivity index (χ4v) is 3.19. The summed E-state index contributed by atoms with van der Waals surface area (Å²) in [5, 5.41) is 0. The van der Waals surface area contributed by atoms with Crippen LogP contribution in [0.25, 0.3) is 0 Å². The van der Waals surface area contributed by atoms with Gasteiger partial charge in [-0.05, 0) is 63.1 Å². The molecule has 3 nitrogen and oxygen atoms in total. The van der Waals surface area contributed by atoms with Crippen LogP contribution in [0, 0.1) is 17.7 Å². The van der Waals surface area contributed by atoms with E-state index in [2.05, 4.69) is 18.6 Å². The van der Waals surface area contributed by atoms with E-state index in [1.807, 2.05) is 20.8 Å². The average molecular weight is 341 g/mol. The highest BCUT2D eigenvalue weighted by Gasteiger charge is 2.26. The van der Waals surface area contributed by atoms with E-state index >= 15 is 0 Å². The number of benzene rings is 1. The Balaban J connectivity index is 2.17. The third-order valence-electron chi connectivity index (χ3n) is 3.94. The van der Waals surface area contributed by atoms with Gasteiger partial charge in [-0.15, -0.1) is 0 Å². The maximum absolute atomic E-state index is 14.0. The first-order valence-corrected chi connectivity index (χ1v) is 9.43. The first kappa shape index (κ1) is 18.4. The van der Waals surface area contributed by atoms with Crippen LogP contribution >= 0.6 is 0 Å². The van der Waals surface area contributed by atoms with Gasteiger partial charge in [0.05, 0.1) is 22.3 Å². The predicted octanol–water partition coefficient (Wildman–Crippen LogP) is 4.36. The zero-order valence-corrected chi connectivity index (χ0v) is 15.5. The van der Waals surface area contributed by atoms with Crippen molar-refractivity contribution in [3.05, 3.63) is 29.6 Å². The highest BCUT2D eigenvalue weighted by Crippen LogP contribution is 2.32. The van der Waals surface area contributed by atoms with Gasteiger partial charge in [-0.25, -0.2) is 13.3 Å². The lowest BCUT2D eigenvalue weighted by molar-refractivity contribution is 0.284. The van der Waals surface area contributed by atoms with Gasteiger partial charge in [-0.3, -0.25) is 0 Å². The molecule has 2 rings (SSSR count). The van der Waals surface area contributed by atoms with Gasteiger partial charge < -0.3 is 4.74 Å². The third kappa shape index (κ3) is 5.28. The molecule has 0 heterocycles. The normalized spacial score (nSPS) is 18.0. The van der Waals surface area contributed by atoms with Crippen molar-refractivity contribution in [3.8, 4) is 5.75 Å². The summed E-state index contributed by atoms with van der Waals surface area (Å²) in [7, 11) is -1.19. The zero-order valence-electron chi connectivity index (χ0n) is 14.7. The molecule has 0 bridgehead atoms. The summed E-state index contributed by atoms with van der Waals surface area (Å²) in [5.41, 5.74) is 0.907. The van der Waals surface area contributed by atoms with Crippen LogP contribution in [-0.4, -0.2) is 15.6 Å². The third-order valence-corrected chi connectivity index (χ3v) is 5.52. The fourth-order valence-electron chi connectivity index (χ4n) is 2.20. The van der Waals surface area contributed by atoms with E-state index in [1.165, 1.54) is 18.9 Å². The average Bonchev–Trinajstić information content (AvgIpc) is 3.26. The Morgan fingerprint density at radius 1 is 1.35 bits per heavy atom. The summed E-state index contributed by atoms with van der Waals surface area (Å²) < 4.78 is 34.8. The molecule has 2 atom stereocenters. The van der Waals surface area contributed by atoms with Crippen LogP contribution in [0.2, 0.25) is 0 Å². The van der Waals surface area contributed by atoms with Crippen LogP contribution in [0.1, 0.15) is 59.1 Å². The van der Waals surface area contributed by atoms with Crippen molar-refractivity contribution in [3.63, 3.8) is 0 Å². The summed E-state index contributed by atoms with van der Waals surface area (Å²) in [4.78, 5) is 0. The number of hydrogen-bond donors (Lipinski definition) is 1. The smallest absolute Gasteiger partial charge is 0.165 e. The van der Waals surface area contributed by atoms with Crippen LogP contribution in [0.3, 0.4) is 0 Å². The largest absolute Gasteiger partial charge is 0.490 e. The van der Waals surface area contributed by atoms with E-state index in [0.29, 0.717) is 18.3 Å². The molecule has 0 amide bonds. The van der Waals surface area contributed by atoms with Gasteiger partial charge in [0.1, 0.15) is 0 Å². The van der Waals surface area contributed by atoms with Crippen LogP contribution in [0.4, 0.5) is 4.39 Å². The lowest BCUT2D eigenvalue weighted by atomic mass is 9.97. The highest BCUT2D eigenvalue weighted by molar-refractivity contribution is 7.84. The van der Waals surface area contributed by atoms with Crippen LogP contribution in [0.15, 0.2) is 18.2 Å². The predicted molar refractivity (Wildman–Crippen MR) is 93.2 cm³/mol. The Morgan fingerprint density at radius 3 is 2.52 bits per heavy atom. The number of rotatable bonds is 7. The maximum atomic E-state index is 14.0. The second-order valence-electron chi connectivity index (χ2n) is 7.66. The molecule has 1 aliphatic carbocycles. The number of ether oxygens (including phenoxy) is 1. The molecule has 1 fully saturated rings. The second kappa shape index (κ2) is 7.31. The molecule has 5 heteroatoms. The Hall–Kier alpha value is -0.940. The molecule has 1 aromatic carbocycles. The molecule has 23 heavy (non-hydrogen) atoms. The molecule has 1 aliphatic rings. The summed E-state index contributed by atoms with van der Waals surface area (Å²) >= 11 is 0. The Kier molecular flexibility index (Phi) is 5.84. The molecule has 130 valence electrons. The molecular weight excluding hydrogens is 313 g/mol. The van der Waals surface area contributed by atoms with Gasteiger partial charge in [0.25, 0.3) is 0 Å². The molecule has 0 saturated heterocycles. The molecule has 0 aromatic heterocycles. The Bertz CT molecular complexity index is 565. The molecule has 0 spiro atoms. The first-order chi connectivity index (χ1) is 10.7. The Labute approximate surface area is 141 Å². The molecular formula is C18H28FNO2S. The minimum Gasteiger partial charge on any atom is -0.490 e. The van der Waals surface area contributed by atoms with E-state index in [1.54, 1.807) is 12.1 Å². The van der Waals surface area contributed by atoms with E-state index < -0.39 is 11.0 Å². The van der Waals surface area contributed by atoms with E-state index in [4.69, 9.17) is 4.74 Å². The molecule has 0 aliphatic heterocycles. The summed E-state index contributed by atoms with van der Waals surface area (Å²) in [6, 6.07) is 4.82. The monoisotopic (exact) mass is 341 g/mol.